The van der Waals surface area contributed by atoms with Gasteiger partial charge in [-0.1, -0.05) is 12.1 Å². The van der Waals surface area contributed by atoms with Crippen molar-refractivity contribution in [2.45, 2.75) is 26.9 Å². The number of aromatic nitrogens is 4. The minimum absolute atomic E-state index is 0.366. The number of carbonyl (C=O) groups is 1. The molecule has 0 saturated heterocycles. The normalized spacial score (nSPS) is 12.2. The summed E-state index contributed by atoms with van der Waals surface area (Å²) < 4.78 is 4.99. The predicted molar refractivity (Wildman–Crippen MR) is 64.1 cm³/mol. The summed E-state index contributed by atoms with van der Waals surface area (Å²) in [6.45, 7) is 5.04. The SMILES string of the molecule is CC(=O)OC(C)c1nnn(-c2cccc(C)c2)n1. The third kappa shape index (κ3) is 2.71. The van der Waals surface area contributed by atoms with Crippen LogP contribution in [0.3, 0.4) is 0 Å². The predicted octanol–water partition coefficient (Wildman–Crippen LogP) is 1.59. The lowest BCUT2D eigenvalue weighted by atomic mass is 10.2. The first-order valence-corrected chi connectivity index (χ1v) is 5.60. The van der Waals surface area contributed by atoms with Crippen molar-refractivity contribution in [3.8, 4) is 5.69 Å². The van der Waals surface area contributed by atoms with Gasteiger partial charge in [0.15, 0.2) is 6.10 Å². The molecule has 18 heavy (non-hydrogen) atoms. The van der Waals surface area contributed by atoms with Crippen LogP contribution < -0.4 is 0 Å². The highest BCUT2D eigenvalue weighted by Crippen LogP contribution is 2.13. The van der Waals surface area contributed by atoms with Crippen molar-refractivity contribution in [3.05, 3.63) is 35.7 Å². The van der Waals surface area contributed by atoms with Crippen LogP contribution in [-0.4, -0.2) is 26.2 Å². The Balaban J connectivity index is 2.22. The van der Waals surface area contributed by atoms with Crippen LogP contribution in [-0.2, 0) is 9.53 Å². The third-order valence-electron chi connectivity index (χ3n) is 2.37. The van der Waals surface area contributed by atoms with E-state index in [4.69, 9.17) is 4.74 Å². The van der Waals surface area contributed by atoms with Crippen LogP contribution in [0.5, 0.6) is 0 Å². The molecule has 6 nitrogen and oxygen atoms in total. The number of hydrogen-bond acceptors (Lipinski definition) is 5. The standard InChI is InChI=1S/C12H14N4O2/c1-8-5-4-6-11(7-8)16-14-12(13-15-16)9(2)18-10(3)17/h4-7,9H,1-3H3. The number of esters is 1. The number of nitrogens with zero attached hydrogens (tertiary/aromatic N) is 4. The Hall–Kier alpha value is -2.24. The van der Waals surface area contributed by atoms with Gasteiger partial charge in [-0.05, 0) is 36.8 Å². The average Bonchev–Trinajstić information content (AvgIpc) is 2.77. The second kappa shape index (κ2) is 4.95. The molecule has 0 fully saturated rings. The largest absolute Gasteiger partial charge is 0.454 e. The van der Waals surface area contributed by atoms with Gasteiger partial charge in [0.1, 0.15) is 0 Å². The highest BCUT2D eigenvalue weighted by molar-refractivity contribution is 5.66. The van der Waals surface area contributed by atoms with Gasteiger partial charge in [0.05, 0.1) is 5.69 Å². The third-order valence-corrected chi connectivity index (χ3v) is 2.37. The molecule has 1 aromatic heterocycles. The Morgan fingerprint density at radius 1 is 1.44 bits per heavy atom. The molecular formula is C12H14N4O2. The maximum absolute atomic E-state index is 10.8. The average molecular weight is 246 g/mol. The fraction of sp³-hybridized carbons (Fsp3) is 0.333. The molecule has 0 aliphatic heterocycles. The Kier molecular flexibility index (Phi) is 3.36. The zero-order valence-corrected chi connectivity index (χ0v) is 10.5. The molecule has 1 heterocycles. The van der Waals surface area contributed by atoms with Gasteiger partial charge in [-0.15, -0.1) is 15.0 Å². The lowest BCUT2D eigenvalue weighted by molar-refractivity contribution is -0.146. The van der Waals surface area contributed by atoms with Crippen LogP contribution in [0.4, 0.5) is 0 Å². The summed E-state index contributed by atoms with van der Waals surface area (Å²) in [5.41, 5.74) is 1.93. The van der Waals surface area contributed by atoms with Crippen LogP contribution >= 0.6 is 0 Å². The fourth-order valence-corrected chi connectivity index (χ4v) is 1.55. The van der Waals surface area contributed by atoms with Crippen molar-refractivity contribution < 1.29 is 9.53 Å². The molecule has 1 atom stereocenters. The van der Waals surface area contributed by atoms with E-state index in [2.05, 4.69) is 15.4 Å². The summed E-state index contributed by atoms with van der Waals surface area (Å²) in [7, 11) is 0. The Labute approximate surface area is 105 Å². The molecule has 0 aliphatic carbocycles. The molecule has 1 aromatic carbocycles. The lowest BCUT2D eigenvalue weighted by Gasteiger charge is -2.06. The number of rotatable bonds is 3. The Morgan fingerprint density at radius 2 is 2.22 bits per heavy atom. The summed E-state index contributed by atoms with van der Waals surface area (Å²) >= 11 is 0. The summed E-state index contributed by atoms with van der Waals surface area (Å²) in [5.74, 6) is 0.0149. The first kappa shape index (κ1) is 12.2. The molecular weight excluding hydrogens is 232 g/mol. The highest BCUT2D eigenvalue weighted by Gasteiger charge is 2.15. The van der Waals surface area contributed by atoms with Gasteiger partial charge < -0.3 is 4.74 Å². The van der Waals surface area contributed by atoms with E-state index in [1.54, 1.807) is 6.92 Å². The van der Waals surface area contributed by atoms with Crippen LogP contribution in [0.1, 0.15) is 31.3 Å². The zero-order chi connectivity index (χ0) is 13.1. The number of hydrogen-bond donors (Lipinski definition) is 0. The Bertz CT molecular complexity index is 565. The van der Waals surface area contributed by atoms with Gasteiger partial charge in [0.2, 0.25) is 5.82 Å². The molecule has 0 N–H and O–H groups in total. The monoisotopic (exact) mass is 246 g/mol. The molecule has 0 spiro atoms. The lowest BCUT2D eigenvalue weighted by Crippen LogP contribution is -2.07. The molecule has 94 valence electrons. The van der Waals surface area contributed by atoms with Gasteiger partial charge in [0.25, 0.3) is 0 Å². The van der Waals surface area contributed by atoms with E-state index in [1.165, 1.54) is 11.7 Å². The highest BCUT2D eigenvalue weighted by atomic mass is 16.5. The number of tetrazole rings is 1. The molecule has 2 aromatic rings. The molecule has 0 aliphatic rings. The maximum atomic E-state index is 10.8. The van der Waals surface area contributed by atoms with Crippen molar-refractivity contribution in [3.63, 3.8) is 0 Å². The molecule has 0 amide bonds. The minimum atomic E-state index is -0.499. The topological polar surface area (TPSA) is 69.9 Å². The maximum Gasteiger partial charge on any atom is 0.303 e. The van der Waals surface area contributed by atoms with Gasteiger partial charge in [-0.3, -0.25) is 4.79 Å². The van der Waals surface area contributed by atoms with Crippen LogP contribution in [0.15, 0.2) is 24.3 Å². The van der Waals surface area contributed by atoms with E-state index in [0.29, 0.717) is 5.82 Å². The van der Waals surface area contributed by atoms with E-state index < -0.39 is 6.10 Å². The quantitative estimate of drug-likeness (QED) is 0.769. The molecule has 0 saturated carbocycles. The van der Waals surface area contributed by atoms with Crippen LogP contribution in [0.25, 0.3) is 5.69 Å². The van der Waals surface area contributed by atoms with E-state index >= 15 is 0 Å². The number of benzene rings is 1. The van der Waals surface area contributed by atoms with Crippen molar-refractivity contribution in [2.24, 2.45) is 0 Å². The minimum Gasteiger partial charge on any atom is -0.454 e. The number of carbonyl (C=O) groups excluding carboxylic acids is 1. The second-order valence-electron chi connectivity index (χ2n) is 4.03. The van der Waals surface area contributed by atoms with Crippen molar-refractivity contribution in [1.29, 1.82) is 0 Å². The zero-order valence-electron chi connectivity index (χ0n) is 10.5. The van der Waals surface area contributed by atoms with E-state index in [9.17, 15) is 4.79 Å². The summed E-state index contributed by atoms with van der Waals surface area (Å²) in [4.78, 5) is 12.3. The smallest absolute Gasteiger partial charge is 0.303 e. The molecule has 0 bridgehead atoms. The number of ether oxygens (including phenoxy) is 1. The van der Waals surface area contributed by atoms with E-state index in [1.807, 2.05) is 31.2 Å². The molecule has 2 rings (SSSR count). The van der Waals surface area contributed by atoms with E-state index in [-0.39, 0.29) is 5.97 Å². The fourth-order valence-electron chi connectivity index (χ4n) is 1.55. The van der Waals surface area contributed by atoms with Crippen LogP contribution in [0, 0.1) is 6.92 Å². The van der Waals surface area contributed by atoms with Gasteiger partial charge in [0, 0.05) is 6.92 Å². The van der Waals surface area contributed by atoms with Gasteiger partial charge >= 0.3 is 5.97 Å². The summed E-state index contributed by atoms with van der Waals surface area (Å²) in [6, 6.07) is 7.74. The molecule has 6 heteroatoms. The molecule has 1 unspecified atom stereocenters. The van der Waals surface area contributed by atoms with Crippen LogP contribution in [0.2, 0.25) is 0 Å². The van der Waals surface area contributed by atoms with Crippen molar-refractivity contribution in [2.75, 3.05) is 0 Å². The first-order valence-electron chi connectivity index (χ1n) is 5.60. The van der Waals surface area contributed by atoms with Crippen molar-refractivity contribution in [1.82, 2.24) is 20.2 Å². The van der Waals surface area contributed by atoms with Gasteiger partial charge in [-0.25, -0.2) is 0 Å². The van der Waals surface area contributed by atoms with Crippen molar-refractivity contribution >= 4 is 5.97 Å². The van der Waals surface area contributed by atoms with Gasteiger partial charge in [-0.2, -0.15) is 0 Å². The summed E-state index contributed by atoms with van der Waals surface area (Å²) in [5, 5.41) is 12.0. The second-order valence-corrected chi connectivity index (χ2v) is 4.03. The summed E-state index contributed by atoms with van der Waals surface area (Å²) in [6.07, 6.45) is -0.499. The first-order chi connectivity index (χ1) is 8.56. The molecule has 0 radical (unpaired) electrons. The Morgan fingerprint density at radius 3 is 2.89 bits per heavy atom. The van der Waals surface area contributed by atoms with E-state index in [0.717, 1.165) is 11.3 Å². The number of aryl methyl sites for hydroxylation is 1.